The fourth-order valence-corrected chi connectivity index (χ4v) is 2.15. The standard InChI is InChI=1S/C18H15N3O3/c1-13-19-20-17-9-8-15(12-21(13)17)18(22)24-10-4-6-14-5-3-7-16(11-14)23-2/h3,5,7-9,11-12H,10H2,1-2H3. The first-order valence-electron chi connectivity index (χ1n) is 7.29. The predicted octanol–water partition coefficient (Wildman–Crippen LogP) is 2.25. The van der Waals surface area contributed by atoms with Crippen LogP contribution < -0.4 is 4.74 Å². The number of carbonyl (C=O) groups is 1. The van der Waals surface area contributed by atoms with Crippen LogP contribution in [0.2, 0.25) is 0 Å². The molecule has 0 aliphatic rings. The average molecular weight is 321 g/mol. The number of hydrogen-bond donors (Lipinski definition) is 0. The second-order valence-electron chi connectivity index (χ2n) is 5.00. The van der Waals surface area contributed by atoms with Gasteiger partial charge in [0, 0.05) is 11.8 Å². The molecule has 0 amide bonds. The van der Waals surface area contributed by atoms with E-state index in [1.807, 2.05) is 31.2 Å². The molecule has 0 saturated heterocycles. The second-order valence-corrected chi connectivity index (χ2v) is 5.00. The second kappa shape index (κ2) is 6.84. The van der Waals surface area contributed by atoms with Gasteiger partial charge in [-0.1, -0.05) is 17.9 Å². The zero-order valence-electron chi connectivity index (χ0n) is 13.3. The summed E-state index contributed by atoms with van der Waals surface area (Å²) in [5.74, 6) is 6.74. The van der Waals surface area contributed by atoms with Gasteiger partial charge in [-0.05, 0) is 37.3 Å². The molecule has 0 spiro atoms. The molecule has 6 nitrogen and oxygen atoms in total. The molecular weight excluding hydrogens is 306 g/mol. The SMILES string of the molecule is COc1cccc(C#CCOC(=O)c2ccc3nnc(C)n3c2)c1. The van der Waals surface area contributed by atoms with Crippen molar-refractivity contribution in [2.75, 3.05) is 13.7 Å². The predicted molar refractivity (Wildman–Crippen MR) is 87.9 cm³/mol. The molecule has 120 valence electrons. The Bertz CT molecular complexity index is 951. The smallest absolute Gasteiger partial charge is 0.340 e. The highest BCUT2D eigenvalue weighted by molar-refractivity contribution is 5.89. The summed E-state index contributed by atoms with van der Waals surface area (Å²) in [5, 5.41) is 7.92. The molecule has 0 bridgehead atoms. The van der Waals surface area contributed by atoms with Crippen LogP contribution in [0.5, 0.6) is 5.75 Å². The number of esters is 1. The van der Waals surface area contributed by atoms with Crippen molar-refractivity contribution in [2.45, 2.75) is 6.92 Å². The summed E-state index contributed by atoms with van der Waals surface area (Å²) in [6.07, 6.45) is 1.66. The molecule has 0 saturated carbocycles. The number of aromatic nitrogens is 3. The van der Waals surface area contributed by atoms with Gasteiger partial charge in [0.2, 0.25) is 0 Å². The lowest BCUT2D eigenvalue weighted by molar-refractivity contribution is 0.0556. The largest absolute Gasteiger partial charge is 0.497 e. The molecule has 0 aliphatic heterocycles. The lowest BCUT2D eigenvalue weighted by Gasteiger charge is -2.02. The number of pyridine rings is 1. The van der Waals surface area contributed by atoms with E-state index in [4.69, 9.17) is 9.47 Å². The van der Waals surface area contributed by atoms with Crippen LogP contribution in [0.15, 0.2) is 42.6 Å². The van der Waals surface area contributed by atoms with Crippen LogP contribution in [0.1, 0.15) is 21.7 Å². The molecule has 0 unspecified atom stereocenters. The van der Waals surface area contributed by atoms with Gasteiger partial charge in [-0.25, -0.2) is 4.79 Å². The monoisotopic (exact) mass is 321 g/mol. The Morgan fingerprint density at radius 3 is 2.96 bits per heavy atom. The van der Waals surface area contributed by atoms with E-state index in [-0.39, 0.29) is 6.61 Å². The van der Waals surface area contributed by atoms with E-state index in [1.54, 1.807) is 29.8 Å². The van der Waals surface area contributed by atoms with E-state index in [2.05, 4.69) is 22.0 Å². The summed E-state index contributed by atoms with van der Waals surface area (Å²) in [6, 6.07) is 10.7. The third-order valence-corrected chi connectivity index (χ3v) is 3.39. The Kier molecular flexibility index (Phi) is 4.43. The van der Waals surface area contributed by atoms with Crippen LogP contribution in [-0.4, -0.2) is 34.3 Å². The minimum absolute atomic E-state index is 0.00917. The number of hydrogen-bond acceptors (Lipinski definition) is 5. The van der Waals surface area contributed by atoms with Crippen LogP contribution in [0.4, 0.5) is 0 Å². The lowest BCUT2D eigenvalue weighted by Crippen LogP contribution is -2.06. The summed E-state index contributed by atoms with van der Waals surface area (Å²) in [5.41, 5.74) is 1.90. The highest BCUT2D eigenvalue weighted by Gasteiger charge is 2.09. The summed E-state index contributed by atoms with van der Waals surface area (Å²) >= 11 is 0. The molecular formula is C18H15N3O3. The molecule has 24 heavy (non-hydrogen) atoms. The zero-order valence-corrected chi connectivity index (χ0v) is 13.3. The van der Waals surface area contributed by atoms with E-state index in [0.717, 1.165) is 11.3 Å². The van der Waals surface area contributed by atoms with Crippen LogP contribution >= 0.6 is 0 Å². The quantitative estimate of drug-likeness (QED) is 0.547. The fourth-order valence-electron chi connectivity index (χ4n) is 2.15. The Morgan fingerprint density at radius 1 is 1.25 bits per heavy atom. The van der Waals surface area contributed by atoms with E-state index >= 15 is 0 Å². The van der Waals surface area contributed by atoms with Gasteiger partial charge < -0.3 is 9.47 Å². The molecule has 0 atom stereocenters. The first-order valence-corrected chi connectivity index (χ1v) is 7.29. The normalized spacial score (nSPS) is 10.1. The Morgan fingerprint density at radius 2 is 2.12 bits per heavy atom. The van der Waals surface area contributed by atoms with Crippen molar-refractivity contribution in [1.29, 1.82) is 0 Å². The Hall–Kier alpha value is -3.33. The molecule has 0 radical (unpaired) electrons. The van der Waals surface area contributed by atoms with Gasteiger partial charge in [0.05, 0.1) is 12.7 Å². The number of methoxy groups -OCH3 is 1. The average Bonchev–Trinajstić information content (AvgIpc) is 2.99. The number of ether oxygens (including phenoxy) is 2. The van der Waals surface area contributed by atoms with E-state index in [1.165, 1.54) is 0 Å². The van der Waals surface area contributed by atoms with Gasteiger partial charge in [-0.15, -0.1) is 10.2 Å². The Labute approximate surface area is 139 Å². The topological polar surface area (TPSA) is 65.7 Å². The summed E-state index contributed by atoms with van der Waals surface area (Å²) < 4.78 is 12.0. The van der Waals surface area contributed by atoms with Crippen molar-refractivity contribution in [1.82, 2.24) is 14.6 Å². The molecule has 0 fully saturated rings. The minimum Gasteiger partial charge on any atom is -0.497 e. The molecule has 2 heterocycles. The van der Waals surface area contributed by atoms with Gasteiger partial charge in [0.1, 0.15) is 11.6 Å². The van der Waals surface area contributed by atoms with Crippen molar-refractivity contribution < 1.29 is 14.3 Å². The summed E-state index contributed by atoms with van der Waals surface area (Å²) in [7, 11) is 1.60. The maximum atomic E-state index is 12.1. The van der Waals surface area contributed by atoms with Crippen LogP contribution in [0.25, 0.3) is 5.65 Å². The molecule has 3 rings (SSSR count). The number of benzene rings is 1. The number of rotatable bonds is 3. The highest BCUT2D eigenvalue weighted by atomic mass is 16.5. The Balaban J connectivity index is 1.64. The van der Waals surface area contributed by atoms with Crippen molar-refractivity contribution in [3.05, 3.63) is 59.5 Å². The minimum atomic E-state index is -0.440. The maximum absolute atomic E-state index is 12.1. The third-order valence-electron chi connectivity index (χ3n) is 3.39. The maximum Gasteiger partial charge on any atom is 0.340 e. The molecule has 2 aromatic heterocycles. The van der Waals surface area contributed by atoms with Crippen LogP contribution in [0, 0.1) is 18.8 Å². The molecule has 0 N–H and O–H groups in total. The number of nitrogens with zero attached hydrogens (tertiary/aromatic N) is 3. The molecule has 6 heteroatoms. The number of fused-ring (bicyclic) bond motifs is 1. The first kappa shape index (κ1) is 15.6. The first-order chi connectivity index (χ1) is 11.7. The van der Waals surface area contributed by atoms with Crippen LogP contribution in [-0.2, 0) is 4.74 Å². The van der Waals surface area contributed by atoms with Gasteiger partial charge in [-0.2, -0.15) is 0 Å². The highest BCUT2D eigenvalue weighted by Crippen LogP contribution is 2.11. The van der Waals surface area contributed by atoms with Gasteiger partial charge in [-0.3, -0.25) is 4.40 Å². The number of carbonyl (C=O) groups excluding carboxylic acids is 1. The summed E-state index contributed by atoms with van der Waals surface area (Å²) in [6.45, 7) is 1.82. The van der Waals surface area contributed by atoms with Crippen molar-refractivity contribution in [2.24, 2.45) is 0 Å². The van der Waals surface area contributed by atoms with Gasteiger partial charge in [0.25, 0.3) is 0 Å². The number of aryl methyl sites for hydroxylation is 1. The fraction of sp³-hybridized carbons (Fsp3) is 0.167. The van der Waals surface area contributed by atoms with E-state index < -0.39 is 5.97 Å². The molecule has 3 aromatic rings. The van der Waals surface area contributed by atoms with Crippen molar-refractivity contribution in [3.8, 4) is 17.6 Å². The van der Waals surface area contributed by atoms with Gasteiger partial charge in [0.15, 0.2) is 12.3 Å². The third kappa shape index (κ3) is 3.36. The molecule has 0 aliphatic carbocycles. The summed E-state index contributed by atoms with van der Waals surface area (Å²) in [4.78, 5) is 12.1. The van der Waals surface area contributed by atoms with E-state index in [9.17, 15) is 4.79 Å². The zero-order chi connectivity index (χ0) is 16.9. The molecule has 1 aromatic carbocycles. The van der Waals surface area contributed by atoms with Crippen molar-refractivity contribution in [3.63, 3.8) is 0 Å². The van der Waals surface area contributed by atoms with E-state index in [0.29, 0.717) is 17.0 Å². The van der Waals surface area contributed by atoms with Crippen molar-refractivity contribution >= 4 is 11.6 Å². The lowest BCUT2D eigenvalue weighted by atomic mass is 10.2. The van der Waals surface area contributed by atoms with Gasteiger partial charge >= 0.3 is 5.97 Å². The van der Waals surface area contributed by atoms with Crippen LogP contribution in [0.3, 0.4) is 0 Å².